The van der Waals surface area contributed by atoms with Crippen molar-refractivity contribution in [3.63, 3.8) is 0 Å². The molecule has 0 aromatic heterocycles. The van der Waals surface area contributed by atoms with Crippen LogP contribution < -0.4 is 20.1 Å². The number of aryl methyl sites for hydroxylation is 2. The summed E-state index contributed by atoms with van der Waals surface area (Å²) in [6.45, 7) is 3.89. The molecule has 0 unspecified atom stereocenters. The van der Waals surface area contributed by atoms with Crippen LogP contribution in [0.4, 0.5) is 11.4 Å². The highest BCUT2D eigenvalue weighted by atomic mass is 16.5. The number of benzene rings is 3. The second kappa shape index (κ2) is 11.6. The lowest BCUT2D eigenvalue weighted by Gasteiger charge is -2.13. The molecule has 2 amide bonds. The standard InChI is InChI=1S/C26H28N2O4/c1-3-19-9-13-21(14-10-19)31-17-25(29)27-23-7-5-6-8-24(23)28-26(30)18-32-22-15-11-20(4-2)12-16-22/h5-16H,3-4,17-18H2,1-2H3,(H,27,29)(H,28,30). The third-order valence-electron chi connectivity index (χ3n) is 4.88. The molecule has 0 aliphatic carbocycles. The maximum atomic E-state index is 12.3. The van der Waals surface area contributed by atoms with E-state index >= 15 is 0 Å². The van der Waals surface area contributed by atoms with E-state index in [2.05, 4.69) is 24.5 Å². The zero-order chi connectivity index (χ0) is 22.8. The number of hydrogen-bond donors (Lipinski definition) is 2. The lowest BCUT2D eigenvalue weighted by Crippen LogP contribution is -2.23. The summed E-state index contributed by atoms with van der Waals surface area (Å²) in [6.07, 6.45) is 1.89. The molecule has 0 atom stereocenters. The number of anilines is 2. The smallest absolute Gasteiger partial charge is 0.262 e. The molecule has 166 valence electrons. The maximum Gasteiger partial charge on any atom is 0.262 e. The van der Waals surface area contributed by atoms with Crippen LogP contribution in [0, 0.1) is 0 Å². The molecule has 0 radical (unpaired) electrons. The second-order valence-electron chi connectivity index (χ2n) is 7.21. The zero-order valence-electron chi connectivity index (χ0n) is 18.4. The van der Waals surface area contributed by atoms with Crippen LogP contribution in [-0.4, -0.2) is 25.0 Å². The molecule has 0 aliphatic rings. The second-order valence-corrected chi connectivity index (χ2v) is 7.21. The number of carbonyl (C=O) groups excluding carboxylic acids is 2. The molecule has 0 saturated carbocycles. The van der Waals surface area contributed by atoms with Gasteiger partial charge in [-0.15, -0.1) is 0 Å². The molecule has 3 aromatic rings. The first kappa shape index (κ1) is 22.9. The van der Waals surface area contributed by atoms with Gasteiger partial charge >= 0.3 is 0 Å². The number of nitrogens with one attached hydrogen (secondary N) is 2. The van der Waals surface area contributed by atoms with Gasteiger partial charge in [0.1, 0.15) is 11.5 Å². The van der Waals surface area contributed by atoms with Gasteiger partial charge in [-0.3, -0.25) is 9.59 Å². The van der Waals surface area contributed by atoms with E-state index in [-0.39, 0.29) is 25.0 Å². The molecule has 3 rings (SSSR count). The zero-order valence-corrected chi connectivity index (χ0v) is 18.4. The van der Waals surface area contributed by atoms with Crippen molar-refractivity contribution in [1.29, 1.82) is 0 Å². The minimum atomic E-state index is -0.321. The van der Waals surface area contributed by atoms with Crippen molar-refractivity contribution in [2.45, 2.75) is 26.7 Å². The minimum absolute atomic E-state index is 0.134. The highest BCUT2D eigenvalue weighted by Crippen LogP contribution is 2.21. The molecule has 6 heteroatoms. The Bertz CT molecular complexity index is 946. The van der Waals surface area contributed by atoms with Crippen LogP contribution in [0.2, 0.25) is 0 Å². The van der Waals surface area contributed by atoms with Gasteiger partial charge in [0.25, 0.3) is 11.8 Å². The molecular formula is C26H28N2O4. The van der Waals surface area contributed by atoms with Crippen molar-refractivity contribution < 1.29 is 19.1 Å². The Kier molecular flexibility index (Phi) is 8.26. The van der Waals surface area contributed by atoms with E-state index in [1.165, 1.54) is 11.1 Å². The van der Waals surface area contributed by atoms with Crippen LogP contribution in [0.25, 0.3) is 0 Å². The Balaban J connectivity index is 1.51. The third kappa shape index (κ3) is 6.87. The topological polar surface area (TPSA) is 76.7 Å². The van der Waals surface area contributed by atoms with Crippen LogP contribution in [0.1, 0.15) is 25.0 Å². The minimum Gasteiger partial charge on any atom is -0.484 e. The van der Waals surface area contributed by atoms with Crippen LogP contribution in [-0.2, 0) is 22.4 Å². The predicted molar refractivity (Wildman–Crippen MR) is 126 cm³/mol. The predicted octanol–water partition coefficient (Wildman–Crippen LogP) is 4.85. The van der Waals surface area contributed by atoms with Gasteiger partial charge in [-0.2, -0.15) is 0 Å². The van der Waals surface area contributed by atoms with Crippen LogP contribution >= 0.6 is 0 Å². The molecule has 3 aromatic carbocycles. The highest BCUT2D eigenvalue weighted by Gasteiger charge is 2.11. The number of hydrogen-bond acceptors (Lipinski definition) is 4. The third-order valence-corrected chi connectivity index (χ3v) is 4.88. The van der Waals surface area contributed by atoms with E-state index in [9.17, 15) is 9.59 Å². The quantitative estimate of drug-likeness (QED) is 0.480. The summed E-state index contributed by atoms with van der Waals surface area (Å²) in [6, 6.07) is 22.2. The molecule has 32 heavy (non-hydrogen) atoms. The fourth-order valence-corrected chi connectivity index (χ4v) is 3.01. The molecule has 0 spiro atoms. The summed E-state index contributed by atoms with van der Waals surface area (Å²) in [4.78, 5) is 24.7. The average molecular weight is 433 g/mol. The molecule has 6 nitrogen and oxygen atoms in total. The van der Waals surface area contributed by atoms with Gasteiger partial charge in [-0.05, 0) is 60.4 Å². The molecule has 0 saturated heterocycles. The largest absolute Gasteiger partial charge is 0.484 e. The summed E-state index contributed by atoms with van der Waals surface area (Å²) in [5.74, 6) is 0.614. The average Bonchev–Trinajstić information content (AvgIpc) is 2.83. The van der Waals surface area contributed by atoms with E-state index in [1.54, 1.807) is 24.3 Å². The van der Waals surface area contributed by atoms with Crippen molar-refractivity contribution in [2.24, 2.45) is 0 Å². The van der Waals surface area contributed by atoms with E-state index in [0.29, 0.717) is 22.9 Å². The lowest BCUT2D eigenvalue weighted by atomic mass is 10.2. The van der Waals surface area contributed by atoms with Crippen LogP contribution in [0.5, 0.6) is 11.5 Å². The monoisotopic (exact) mass is 432 g/mol. The van der Waals surface area contributed by atoms with Gasteiger partial charge in [-0.1, -0.05) is 50.2 Å². The molecular weight excluding hydrogens is 404 g/mol. The fourth-order valence-electron chi connectivity index (χ4n) is 3.01. The van der Waals surface area contributed by atoms with E-state index in [4.69, 9.17) is 9.47 Å². The molecule has 0 aliphatic heterocycles. The number of para-hydroxylation sites is 2. The van der Waals surface area contributed by atoms with Crippen LogP contribution in [0.15, 0.2) is 72.8 Å². The van der Waals surface area contributed by atoms with Crippen molar-refractivity contribution in [2.75, 3.05) is 23.8 Å². The fraction of sp³-hybridized carbons (Fsp3) is 0.231. The normalized spacial score (nSPS) is 10.3. The number of carbonyl (C=O) groups is 2. The first-order chi connectivity index (χ1) is 15.6. The van der Waals surface area contributed by atoms with E-state index < -0.39 is 0 Å². The summed E-state index contributed by atoms with van der Waals surface area (Å²) < 4.78 is 11.1. The molecule has 0 heterocycles. The lowest BCUT2D eigenvalue weighted by molar-refractivity contribution is -0.119. The van der Waals surface area contributed by atoms with Gasteiger partial charge in [0.05, 0.1) is 11.4 Å². The van der Waals surface area contributed by atoms with Gasteiger partial charge < -0.3 is 20.1 Å². The Morgan fingerprint density at radius 2 is 1.00 bits per heavy atom. The van der Waals surface area contributed by atoms with E-state index in [0.717, 1.165) is 12.8 Å². The van der Waals surface area contributed by atoms with Gasteiger partial charge in [0.15, 0.2) is 13.2 Å². The maximum absolute atomic E-state index is 12.3. The molecule has 0 fully saturated rings. The highest BCUT2D eigenvalue weighted by molar-refractivity contribution is 6.00. The van der Waals surface area contributed by atoms with Crippen molar-refractivity contribution in [1.82, 2.24) is 0 Å². The van der Waals surface area contributed by atoms with Crippen molar-refractivity contribution >= 4 is 23.2 Å². The first-order valence-electron chi connectivity index (χ1n) is 10.7. The summed E-state index contributed by atoms with van der Waals surface area (Å²) >= 11 is 0. The van der Waals surface area contributed by atoms with Crippen molar-refractivity contribution in [3.8, 4) is 11.5 Å². The number of amides is 2. The van der Waals surface area contributed by atoms with Crippen LogP contribution in [0.3, 0.4) is 0 Å². The summed E-state index contributed by atoms with van der Waals surface area (Å²) in [5.41, 5.74) is 3.38. The summed E-state index contributed by atoms with van der Waals surface area (Å²) in [7, 11) is 0. The Morgan fingerprint density at radius 3 is 1.34 bits per heavy atom. The summed E-state index contributed by atoms with van der Waals surface area (Å²) in [5, 5.41) is 5.55. The number of ether oxygens (including phenoxy) is 2. The molecule has 0 bridgehead atoms. The van der Waals surface area contributed by atoms with E-state index in [1.807, 2.05) is 48.5 Å². The van der Waals surface area contributed by atoms with Gasteiger partial charge in [0, 0.05) is 0 Å². The Labute approximate surface area is 188 Å². The van der Waals surface area contributed by atoms with Gasteiger partial charge in [-0.25, -0.2) is 0 Å². The Hall–Kier alpha value is -3.80. The van der Waals surface area contributed by atoms with Crippen molar-refractivity contribution in [3.05, 3.63) is 83.9 Å². The first-order valence-corrected chi connectivity index (χ1v) is 10.7. The van der Waals surface area contributed by atoms with Gasteiger partial charge in [0.2, 0.25) is 0 Å². The number of rotatable bonds is 10. The Morgan fingerprint density at radius 1 is 0.625 bits per heavy atom. The molecule has 2 N–H and O–H groups in total. The SMILES string of the molecule is CCc1ccc(OCC(=O)Nc2ccccc2NC(=O)COc2ccc(CC)cc2)cc1.